The molecule has 13 aromatic rings. The number of nitrogens with zero attached hydrogens (tertiary/aromatic N) is 7. The lowest BCUT2D eigenvalue weighted by molar-refractivity contribution is -0.114. The van der Waals surface area contributed by atoms with Crippen LogP contribution in [0.15, 0.2) is 205 Å². The van der Waals surface area contributed by atoms with Gasteiger partial charge in [0.05, 0.1) is 63.2 Å². The van der Waals surface area contributed by atoms with Gasteiger partial charge in [-0.2, -0.15) is 0 Å². The minimum atomic E-state index is -3.38. The summed E-state index contributed by atoms with van der Waals surface area (Å²) in [7, 11) is 11.1. The van der Waals surface area contributed by atoms with Crippen molar-refractivity contribution in [3.05, 3.63) is 239 Å². The summed E-state index contributed by atoms with van der Waals surface area (Å²) in [5.74, 6) is 4.45. The van der Waals surface area contributed by atoms with E-state index in [9.17, 15) is 18.0 Å². The molecule has 21 nitrogen and oxygen atoms in total. The average Bonchev–Trinajstić information content (AvgIpc) is 1.64. The standard InChI is InChI=1S/C36H39N5O.C32H41N5O2S.C27H26N2O6/c1-22-20-28(40(5)6)14-16-30(22)33-34(31-17-15-29(41(7)8)21-23(31)2)38-35(37-33)27-18-24(3)32(25(4)19-27)39-36(42)26-12-10-9-11-13-26;1-8-36(9-2)27-16-12-24(13-17-27)30-31(25-14-18-28(19-15-25)37(10-3)11-4)34-32(33-30)26-20-22(5)29(23(6)21-26)35-40(7,38)39;1-16(30)28-25-22(33-4)14-19(15-23(25)34-5)27-29-24(17-6-10-20(31-2)11-7-17)26(35-27)18-8-12-21(32-3)13-9-18/h9-21H,1-8H3,(H,37,38)(H,39,42);12-21,35H,8-11H2,1-7H3,(H,33,34);6-15H,1-5H3,(H,28,30). The molecule has 0 bridgehead atoms. The van der Waals surface area contributed by atoms with Gasteiger partial charge in [0, 0.05) is 145 Å². The lowest BCUT2D eigenvalue weighted by Gasteiger charge is -2.21. The number of aromatic nitrogens is 5. The number of amides is 2. The Kier molecular flexibility index (Phi) is 27.2. The Balaban J connectivity index is 0.000000173. The van der Waals surface area contributed by atoms with Crippen LogP contribution in [0.3, 0.4) is 0 Å². The minimum Gasteiger partial charge on any atom is -0.497 e. The molecular formula is C95H106N12O9S. The summed E-state index contributed by atoms with van der Waals surface area (Å²) in [6.07, 6.45) is 1.17. The third-order valence-corrected chi connectivity index (χ3v) is 21.1. The van der Waals surface area contributed by atoms with Gasteiger partial charge in [0.15, 0.2) is 5.76 Å². The van der Waals surface area contributed by atoms with E-state index in [1.54, 1.807) is 26.4 Å². The summed E-state index contributed by atoms with van der Waals surface area (Å²) in [4.78, 5) is 55.9. The topological polar surface area (TPSA) is 238 Å². The van der Waals surface area contributed by atoms with Crippen molar-refractivity contribution in [1.29, 1.82) is 0 Å². The number of hydrogen-bond acceptors (Lipinski definition) is 16. The molecular weight excluding hydrogens is 1490 g/mol. The molecule has 10 aromatic carbocycles. The van der Waals surface area contributed by atoms with E-state index in [0.717, 1.165) is 161 Å². The predicted molar refractivity (Wildman–Crippen MR) is 480 cm³/mol. The van der Waals surface area contributed by atoms with Crippen LogP contribution in [0, 0.1) is 41.5 Å². The molecule has 0 saturated carbocycles. The van der Waals surface area contributed by atoms with E-state index < -0.39 is 10.0 Å². The second kappa shape index (κ2) is 37.5. The molecule has 0 radical (unpaired) electrons. The number of nitrogens with one attached hydrogen (secondary N) is 5. The Hall–Kier alpha value is -13.1. The van der Waals surface area contributed by atoms with Crippen molar-refractivity contribution in [1.82, 2.24) is 24.9 Å². The number of ether oxygens (including phenoxy) is 4. The molecule has 0 aliphatic rings. The Morgan fingerprint density at radius 1 is 0.419 bits per heavy atom. The first kappa shape index (κ1) is 84.8. The van der Waals surface area contributed by atoms with Gasteiger partial charge < -0.3 is 63.6 Å². The van der Waals surface area contributed by atoms with Crippen LogP contribution in [-0.2, 0) is 14.8 Å². The second-order valence-electron chi connectivity index (χ2n) is 29.1. The number of aryl methyl sites for hydroxylation is 6. The van der Waals surface area contributed by atoms with Gasteiger partial charge in [0.2, 0.25) is 21.8 Å². The number of imidazole rings is 2. The van der Waals surface area contributed by atoms with Crippen LogP contribution in [0.25, 0.3) is 102 Å². The number of H-pyrrole nitrogens is 2. The van der Waals surface area contributed by atoms with Gasteiger partial charge in [-0.15, -0.1) is 0 Å². The van der Waals surface area contributed by atoms with Crippen molar-refractivity contribution < 1.29 is 41.4 Å². The maximum absolute atomic E-state index is 12.9. The Morgan fingerprint density at radius 3 is 1.29 bits per heavy atom. The van der Waals surface area contributed by atoms with Crippen LogP contribution in [0.5, 0.6) is 23.0 Å². The van der Waals surface area contributed by atoms with E-state index in [2.05, 4.69) is 212 Å². The maximum Gasteiger partial charge on any atom is 0.255 e. The summed E-state index contributed by atoms with van der Waals surface area (Å²) < 4.78 is 54.4. The molecule has 0 fully saturated rings. The second-order valence-corrected chi connectivity index (χ2v) is 30.8. The van der Waals surface area contributed by atoms with E-state index >= 15 is 0 Å². The number of carbonyl (C=O) groups excluding carboxylic acids is 2. The highest BCUT2D eigenvalue weighted by Gasteiger charge is 2.26. The van der Waals surface area contributed by atoms with Crippen LogP contribution >= 0.6 is 0 Å². The van der Waals surface area contributed by atoms with Crippen LogP contribution < -0.4 is 53.9 Å². The summed E-state index contributed by atoms with van der Waals surface area (Å²) in [5.41, 5.74) is 26.1. The monoisotopic (exact) mass is 1590 g/mol. The highest BCUT2D eigenvalue weighted by molar-refractivity contribution is 7.92. The average molecular weight is 1590 g/mol. The zero-order valence-electron chi connectivity index (χ0n) is 70.6. The molecule has 22 heteroatoms. The fourth-order valence-electron chi connectivity index (χ4n) is 14.3. The lowest BCUT2D eigenvalue weighted by atomic mass is 9.97. The zero-order chi connectivity index (χ0) is 84.1. The third kappa shape index (κ3) is 19.8. The lowest BCUT2D eigenvalue weighted by Crippen LogP contribution is -2.21. The number of methoxy groups -OCH3 is 4. The first-order chi connectivity index (χ1) is 56.1. The molecule has 0 spiro atoms. The van der Waals surface area contributed by atoms with Crippen molar-refractivity contribution in [2.24, 2.45) is 0 Å². The zero-order valence-corrected chi connectivity index (χ0v) is 71.4. The number of oxazole rings is 1. The highest BCUT2D eigenvalue weighted by Crippen LogP contribution is 2.45. The molecule has 117 heavy (non-hydrogen) atoms. The smallest absolute Gasteiger partial charge is 0.255 e. The maximum atomic E-state index is 12.9. The SMILES string of the molecule is CCN(CC)c1ccc(-c2nc(-c3cc(C)c(NS(C)(=O)=O)c(C)c3)[nH]c2-c2ccc(N(CC)CC)cc2)cc1.COc1ccc(-c2nc(-c3cc(OC)c(NC(C)=O)c(OC)c3)oc2-c2ccc(OC)cc2)cc1.Cc1cc(N(C)C)ccc1-c1nc(-c2cc(C)c(NC(=O)c3ccccc3)c(C)c2)[nH]c1-c1ccc(N(C)C)cc1C. The van der Waals surface area contributed by atoms with Gasteiger partial charge >= 0.3 is 0 Å². The minimum absolute atomic E-state index is 0.120. The van der Waals surface area contributed by atoms with E-state index in [-0.39, 0.29) is 11.8 Å². The fraction of sp³-hybridized carbons (Fsp3) is 0.253. The van der Waals surface area contributed by atoms with E-state index in [1.165, 1.54) is 44.3 Å². The third-order valence-electron chi connectivity index (χ3n) is 20.5. The van der Waals surface area contributed by atoms with Gasteiger partial charge in [-0.1, -0.05) is 54.6 Å². The van der Waals surface area contributed by atoms with Gasteiger partial charge in [0.1, 0.15) is 46.0 Å². The van der Waals surface area contributed by atoms with Gasteiger partial charge in [0.25, 0.3) is 5.91 Å². The first-order valence-corrected chi connectivity index (χ1v) is 40.9. The Morgan fingerprint density at radius 2 is 0.846 bits per heavy atom. The van der Waals surface area contributed by atoms with Crippen LogP contribution in [0.1, 0.15) is 78.4 Å². The van der Waals surface area contributed by atoms with E-state index in [1.807, 2.05) is 119 Å². The van der Waals surface area contributed by atoms with Crippen molar-refractivity contribution in [3.8, 4) is 125 Å². The van der Waals surface area contributed by atoms with Crippen LogP contribution in [0.2, 0.25) is 0 Å². The van der Waals surface area contributed by atoms with E-state index in [4.69, 9.17) is 38.3 Å². The molecule has 0 unspecified atom stereocenters. The molecule has 0 aliphatic heterocycles. The van der Waals surface area contributed by atoms with Crippen molar-refractivity contribution in [2.45, 2.75) is 76.2 Å². The summed E-state index contributed by atoms with van der Waals surface area (Å²) in [6, 6.07) is 66.3. The first-order valence-electron chi connectivity index (χ1n) is 39.0. The molecule has 0 saturated heterocycles. The predicted octanol–water partition coefficient (Wildman–Crippen LogP) is 20.8. The van der Waals surface area contributed by atoms with Gasteiger partial charge in [-0.3, -0.25) is 14.3 Å². The Labute approximate surface area is 688 Å². The number of benzene rings is 10. The molecule has 5 N–H and O–H groups in total. The largest absolute Gasteiger partial charge is 0.497 e. The Bertz CT molecular complexity index is 5490. The normalized spacial score (nSPS) is 11.0. The molecule has 606 valence electrons. The van der Waals surface area contributed by atoms with Crippen molar-refractivity contribution in [2.75, 3.05) is 124 Å². The number of anilines is 7. The number of rotatable bonds is 26. The van der Waals surface area contributed by atoms with Gasteiger partial charge in [-0.25, -0.2) is 23.4 Å². The van der Waals surface area contributed by atoms with Crippen LogP contribution in [0.4, 0.5) is 39.8 Å². The van der Waals surface area contributed by atoms with Gasteiger partial charge in [-0.05, 0) is 248 Å². The molecule has 2 amide bonds. The highest BCUT2D eigenvalue weighted by atomic mass is 32.2. The number of aromatic amines is 2. The van der Waals surface area contributed by atoms with E-state index in [0.29, 0.717) is 51.3 Å². The molecule has 3 heterocycles. The number of carbonyl (C=O) groups is 2. The molecule has 13 rings (SSSR count). The number of hydrogen-bond donors (Lipinski definition) is 5. The summed E-state index contributed by atoms with van der Waals surface area (Å²) in [5, 5.41) is 5.86. The molecule has 3 aromatic heterocycles. The number of sulfonamides is 1. The fourth-order valence-corrected chi connectivity index (χ4v) is 14.9. The van der Waals surface area contributed by atoms with Crippen molar-refractivity contribution >= 4 is 61.6 Å². The van der Waals surface area contributed by atoms with Crippen LogP contribution in [-0.4, -0.2) is 134 Å². The summed E-state index contributed by atoms with van der Waals surface area (Å²) in [6.45, 7) is 26.1. The molecule has 0 atom stereocenters. The quantitative estimate of drug-likeness (QED) is 0.0339. The summed E-state index contributed by atoms with van der Waals surface area (Å²) >= 11 is 0. The molecule has 0 aliphatic carbocycles. The van der Waals surface area contributed by atoms with Crippen molar-refractivity contribution in [3.63, 3.8) is 0 Å².